The molecule has 4 nitrogen and oxygen atoms in total. The van der Waals surface area contributed by atoms with Crippen molar-refractivity contribution in [2.75, 3.05) is 6.26 Å². The Morgan fingerprint density at radius 2 is 1.86 bits per heavy atom. The molecule has 4 rings (SSSR count). The molecule has 2 aliphatic heterocycles. The molecule has 2 atom stereocenters. The first kappa shape index (κ1) is 19.2. The minimum Gasteiger partial charge on any atom is -0.508 e. The lowest BCUT2D eigenvalue weighted by atomic mass is 9.77. The van der Waals surface area contributed by atoms with Gasteiger partial charge in [-0.05, 0) is 45.6 Å². The number of aliphatic imine (C=N–C) groups is 1. The Bertz CT molecular complexity index is 936. The average Bonchev–Trinajstić information content (AvgIpc) is 2.64. The number of rotatable bonds is 1. The number of benzene rings is 2. The Labute approximate surface area is 171 Å². The number of phenolic OH excluding ortho intramolecular Hbond substituents is 1. The van der Waals surface area contributed by atoms with Crippen LogP contribution in [0.25, 0.3) is 0 Å². The van der Waals surface area contributed by atoms with Gasteiger partial charge in [0.15, 0.2) is 5.17 Å². The highest BCUT2D eigenvalue weighted by Gasteiger charge is 2.48. The molecular formula is C23H28N2O2S. The molecule has 5 heteroatoms. The molecule has 0 fully saturated rings. The molecule has 28 heavy (non-hydrogen) atoms. The van der Waals surface area contributed by atoms with Gasteiger partial charge in [0.25, 0.3) is 0 Å². The van der Waals surface area contributed by atoms with E-state index in [-0.39, 0.29) is 17.2 Å². The molecule has 2 aromatic rings. The van der Waals surface area contributed by atoms with Gasteiger partial charge >= 0.3 is 0 Å². The van der Waals surface area contributed by atoms with Crippen LogP contribution in [0.4, 0.5) is 0 Å². The van der Waals surface area contributed by atoms with E-state index in [0.717, 1.165) is 34.9 Å². The van der Waals surface area contributed by atoms with E-state index in [1.54, 1.807) is 17.8 Å². The van der Waals surface area contributed by atoms with Crippen molar-refractivity contribution >= 4 is 16.9 Å². The quantitative estimate of drug-likeness (QED) is 0.703. The maximum atomic E-state index is 10.3. The maximum absolute atomic E-state index is 10.3. The summed E-state index contributed by atoms with van der Waals surface area (Å²) in [5.74, 6) is 1.21. The molecule has 2 heterocycles. The van der Waals surface area contributed by atoms with E-state index in [2.05, 4.69) is 50.4 Å². The van der Waals surface area contributed by atoms with Crippen LogP contribution >= 0.6 is 11.8 Å². The van der Waals surface area contributed by atoms with Crippen LogP contribution in [0.1, 0.15) is 54.9 Å². The van der Waals surface area contributed by atoms with E-state index >= 15 is 0 Å². The highest BCUT2D eigenvalue weighted by molar-refractivity contribution is 8.13. The number of amidine groups is 1. The normalized spacial score (nSPS) is 25.5. The number of fused-ring (bicyclic) bond motifs is 1. The minimum absolute atomic E-state index is 0.125. The first-order valence-corrected chi connectivity index (χ1v) is 10.9. The molecule has 2 aliphatic rings. The molecule has 0 saturated heterocycles. The molecule has 0 aliphatic carbocycles. The summed E-state index contributed by atoms with van der Waals surface area (Å²) in [6.07, 6.45) is 3.58. The Kier molecular flexibility index (Phi) is 4.61. The zero-order valence-electron chi connectivity index (χ0n) is 17.2. The summed E-state index contributed by atoms with van der Waals surface area (Å²) in [5.41, 5.74) is 3.65. The molecule has 0 amide bonds. The summed E-state index contributed by atoms with van der Waals surface area (Å²) in [6, 6.07) is 12.5. The van der Waals surface area contributed by atoms with E-state index in [9.17, 15) is 5.11 Å². The third kappa shape index (κ3) is 3.37. The summed E-state index contributed by atoms with van der Waals surface area (Å²) in [4.78, 5) is 5.01. The minimum atomic E-state index is -0.645. The molecule has 2 N–H and O–H groups in total. The molecule has 0 saturated carbocycles. The first-order valence-electron chi connectivity index (χ1n) is 9.72. The Morgan fingerprint density at radius 1 is 1.14 bits per heavy atom. The van der Waals surface area contributed by atoms with Crippen molar-refractivity contribution in [2.24, 2.45) is 4.99 Å². The highest BCUT2D eigenvalue weighted by atomic mass is 32.2. The van der Waals surface area contributed by atoms with Gasteiger partial charge in [-0.25, -0.2) is 4.99 Å². The van der Waals surface area contributed by atoms with E-state index in [4.69, 9.17) is 9.73 Å². The van der Waals surface area contributed by atoms with Gasteiger partial charge in [-0.1, -0.05) is 47.7 Å². The van der Waals surface area contributed by atoms with Crippen molar-refractivity contribution in [3.63, 3.8) is 0 Å². The van der Waals surface area contributed by atoms with Gasteiger partial charge in [0.2, 0.25) is 5.72 Å². The van der Waals surface area contributed by atoms with Crippen LogP contribution in [0.2, 0.25) is 0 Å². The largest absolute Gasteiger partial charge is 0.508 e. The van der Waals surface area contributed by atoms with Gasteiger partial charge in [-0.3, -0.25) is 0 Å². The maximum Gasteiger partial charge on any atom is 0.206 e. The van der Waals surface area contributed by atoms with E-state index in [0.29, 0.717) is 0 Å². The fourth-order valence-electron chi connectivity index (χ4n) is 4.42. The second-order valence-electron chi connectivity index (χ2n) is 8.65. The number of phenols is 1. The molecule has 0 bridgehead atoms. The van der Waals surface area contributed by atoms with Crippen molar-refractivity contribution in [2.45, 2.75) is 57.7 Å². The predicted molar refractivity (Wildman–Crippen MR) is 117 cm³/mol. The fraction of sp³-hybridized carbons (Fsp3) is 0.435. The second-order valence-corrected chi connectivity index (χ2v) is 9.45. The predicted octanol–water partition coefficient (Wildman–Crippen LogP) is 5.11. The van der Waals surface area contributed by atoms with Gasteiger partial charge in [-0.15, -0.1) is 0 Å². The van der Waals surface area contributed by atoms with Gasteiger partial charge in [0.1, 0.15) is 11.5 Å². The Balaban J connectivity index is 1.89. The summed E-state index contributed by atoms with van der Waals surface area (Å²) < 4.78 is 6.61. The third-order valence-corrected chi connectivity index (χ3v) is 6.32. The number of hydrogen-bond donors (Lipinski definition) is 2. The van der Waals surface area contributed by atoms with Crippen molar-refractivity contribution in [3.8, 4) is 11.5 Å². The van der Waals surface area contributed by atoms with Gasteiger partial charge in [0.05, 0.1) is 0 Å². The summed E-state index contributed by atoms with van der Waals surface area (Å²) in [7, 11) is 0. The van der Waals surface area contributed by atoms with Crippen LogP contribution in [0.3, 0.4) is 0 Å². The first-order chi connectivity index (χ1) is 13.2. The van der Waals surface area contributed by atoms with Crippen LogP contribution in [0.5, 0.6) is 11.5 Å². The van der Waals surface area contributed by atoms with Crippen LogP contribution in [-0.2, 0) is 0 Å². The number of nitrogens with one attached hydrogen (secondary N) is 1. The monoisotopic (exact) mass is 396 g/mol. The van der Waals surface area contributed by atoms with Crippen molar-refractivity contribution in [3.05, 3.63) is 58.7 Å². The summed E-state index contributed by atoms with van der Waals surface area (Å²) in [5, 5.41) is 14.7. The molecule has 148 valence electrons. The van der Waals surface area contributed by atoms with Crippen LogP contribution in [-0.4, -0.2) is 27.8 Å². The lowest BCUT2D eigenvalue weighted by molar-refractivity contribution is 0.0126. The number of thioether (sulfide) groups is 1. The molecule has 1 spiro atoms. The number of aromatic hydroxyl groups is 1. The lowest BCUT2D eigenvalue weighted by Gasteiger charge is -2.47. The highest BCUT2D eigenvalue weighted by Crippen LogP contribution is 2.51. The number of aryl methyl sites for hydroxylation is 1. The molecular weight excluding hydrogens is 368 g/mol. The zero-order chi connectivity index (χ0) is 20.1. The Hall–Kier alpha value is -2.14. The summed E-state index contributed by atoms with van der Waals surface area (Å²) in [6.45, 7) is 8.41. The van der Waals surface area contributed by atoms with Crippen LogP contribution < -0.4 is 10.1 Å². The fourth-order valence-corrected chi connectivity index (χ4v) is 5.06. The van der Waals surface area contributed by atoms with Gasteiger partial charge < -0.3 is 15.2 Å². The van der Waals surface area contributed by atoms with Crippen molar-refractivity contribution in [1.29, 1.82) is 0 Å². The van der Waals surface area contributed by atoms with Gasteiger partial charge in [-0.2, -0.15) is 0 Å². The van der Waals surface area contributed by atoms with Crippen molar-refractivity contribution in [1.82, 2.24) is 5.32 Å². The Morgan fingerprint density at radius 3 is 2.54 bits per heavy atom. The standard InChI is InChI=1S/C23H28N2O2S/c1-14-6-8-16(9-7-14)18-12-23(13-22(3,4)24-21(25-23)28-5)27-20-15(2)19(26)11-10-17(18)20/h6-11,18,26H,12-13H2,1-5H3,(H,24,25)/t18-,23-/m0/s1. The number of nitrogens with zero attached hydrogens (tertiary/aromatic N) is 1. The number of ether oxygens (including phenoxy) is 1. The third-order valence-electron chi connectivity index (χ3n) is 5.74. The molecule has 0 aromatic heterocycles. The van der Waals surface area contributed by atoms with E-state index in [1.165, 1.54) is 11.1 Å². The molecule has 0 radical (unpaired) electrons. The summed E-state index contributed by atoms with van der Waals surface area (Å²) >= 11 is 1.61. The number of hydrogen-bond acceptors (Lipinski definition) is 5. The SMILES string of the molecule is CSC1=N[C@]2(C[C@@H](c3ccc(C)cc3)c3ccc(O)c(C)c3O2)CC(C)(C)N1. The smallest absolute Gasteiger partial charge is 0.206 e. The van der Waals surface area contributed by atoms with Crippen LogP contribution in [0.15, 0.2) is 41.4 Å². The average molecular weight is 397 g/mol. The van der Waals surface area contributed by atoms with E-state index < -0.39 is 5.72 Å². The zero-order valence-corrected chi connectivity index (χ0v) is 18.0. The second kappa shape index (κ2) is 6.73. The van der Waals surface area contributed by atoms with Crippen LogP contribution in [0, 0.1) is 13.8 Å². The van der Waals surface area contributed by atoms with Crippen molar-refractivity contribution < 1.29 is 9.84 Å². The van der Waals surface area contributed by atoms with E-state index in [1.807, 2.05) is 19.2 Å². The molecule has 2 aromatic carbocycles. The molecule has 0 unspecified atom stereocenters. The lowest BCUT2D eigenvalue weighted by Crippen LogP contribution is -2.57. The topological polar surface area (TPSA) is 53.9 Å². The van der Waals surface area contributed by atoms with Gasteiger partial charge in [0, 0.05) is 35.4 Å².